The van der Waals surface area contributed by atoms with Crippen molar-refractivity contribution in [3.8, 4) is 17.3 Å². The van der Waals surface area contributed by atoms with Gasteiger partial charge in [-0.15, -0.1) is 10.2 Å². The molecule has 9 nitrogen and oxygen atoms in total. The minimum absolute atomic E-state index is 0.0577. The summed E-state index contributed by atoms with van der Waals surface area (Å²) in [4.78, 5) is 18.5. The largest absolute Gasteiger partial charge is 0.493 e. The quantitative estimate of drug-likeness (QED) is 0.334. The van der Waals surface area contributed by atoms with E-state index >= 15 is 0 Å². The highest BCUT2D eigenvalue weighted by Gasteiger charge is 2.29. The Balaban J connectivity index is 1.42. The van der Waals surface area contributed by atoms with Gasteiger partial charge >= 0.3 is 0 Å². The third kappa shape index (κ3) is 4.20. The van der Waals surface area contributed by atoms with E-state index in [1.54, 1.807) is 4.57 Å². The first kappa shape index (κ1) is 23.1. The zero-order chi connectivity index (χ0) is 25.4. The van der Waals surface area contributed by atoms with Gasteiger partial charge < -0.3 is 14.0 Å². The summed E-state index contributed by atoms with van der Waals surface area (Å²) >= 11 is 0. The van der Waals surface area contributed by atoms with E-state index in [4.69, 9.17) is 8.94 Å². The lowest BCUT2D eigenvalue weighted by molar-refractivity contribution is 0.413. The summed E-state index contributed by atoms with van der Waals surface area (Å²) in [6.45, 7) is 2.09. The summed E-state index contributed by atoms with van der Waals surface area (Å²) in [5.41, 5.74) is 3.23. The van der Waals surface area contributed by atoms with Crippen molar-refractivity contribution < 1.29 is 14.0 Å². The number of aryl methyl sites for hydroxylation is 2. The molecule has 0 amide bonds. The molecule has 5 aromatic rings. The first-order valence-corrected chi connectivity index (χ1v) is 12.7. The van der Waals surface area contributed by atoms with E-state index < -0.39 is 5.88 Å². The molecule has 0 fully saturated rings. The fourth-order valence-corrected chi connectivity index (χ4v) is 5.22. The Kier molecular flexibility index (Phi) is 6.04. The van der Waals surface area contributed by atoms with Gasteiger partial charge in [-0.3, -0.25) is 9.36 Å². The molecule has 0 bridgehead atoms. The molecule has 9 heteroatoms. The van der Waals surface area contributed by atoms with Crippen LogP contribution in [0.3, 0.4) is 0 Å². The number of aromatic nitrogens is 5. The van der Waals surface area contributed by atoms with E-state index in [0.717, 1.165) is 43.1 Å². The van der Waals surface area contributed by atoms with Crippen LogP contribution >= 0.6 is 0 Å². The van der Waals surface area contributed by atoms with Crippen molar-refractivity contribution in [2.24, 2.45) is 0 Å². The fourth-order valence-electron chi connectivity index (χ4n) is 5.22. The second-order valence-electron chi connectivity index (χ2n) is 9.42. The van der Waals surface area contributed by atoms with Gasteiger partial charge in [0.1, 0.15) is 11.5 Å². The van der Waals surface area contributed by atoms with Crippen molar-refractivity contribution in [1.29, 1.82) is 0 Å². The second-order valence-corrected chi connectivity index (χ2v) is 9.42. The van der Waals surface area contributed by atoms with Gasteiger partial charge in [0.05, 0.1) is 12.5 Å². The minimum atomic E-state index is -0.390. The number of rotatable bonds is 7. The third-order valence-electron chi connectivity index (χ3n) is 7.02. The number of para-hydroxylation sites is 1. The van der Waals surface area contributed by atoms with Crippen LogP contribution in [0.25, 0.3) is 22.4 Å². The maximum atomic E-state index is 14.0. The maximum Gasteiger partial charge on any atom is 0.270 e. The Morgan fingerprint density at radius 3 is 2.84 bits per heavy atom. The lowest BCUT2D eigenvalue weighted by Gasteiger charge is -2.29. The monoisotopic (exact) mass is 497 g/mol. The minimum Gasteiger partial charge on any atom is -0.493 e. The highest BCUT2D eigenvalue weighted by atomic mass is 16.5. The smallest absolute Gasteiger partial charge is 0.270 e. The van der Waals surface area contributed by atoms with Gasteiger partial charge in [0.15, 0.2) is 11.1 Å². The SMILES string of the molecule is CCCCc1nc(O)c(-c2nnc(Cc3noc4ccccc34)o2)c(=O)n1[C@H]1CCCc2ccccc21. The number of hydrogen-bond donors (Lipinski definition) is 1. The first-order chi connectivity index (χ1) is 18.1. The van der Waals surface area contributed by atoms with Gasteiger partial charge in [-0.05, 0) is 48.9 Å². The van der Waals surface area contributed by atoms with Crippen LogP contribution in [-0.2, 0) is 19.3 Å². The summed E-state index contributed by atoms with van der Waals surface area (Å²) in [5, 5.41) is 24.1. The van der Waals surface area contributed by atoms with Crippen LogP contribution in [0.1, 0.15) is 67.2 Å². The predicted octanol–water partition coefficient (Wildman–Crippen LogP) is 5.00. The summed E-state index contributed by atoms with van der Waals surface area (Å²) in [6, 6.07) is 15.6. The third-order valence-corrected chi connectivity index (χ3v) is 7.02. The molecule has 1 aliphatic carbocycles. The summed E-state index contributed by atoms with van der Waals surface area (Å²) in [5.74, 6) is 0.386. The number of benzene rings is 2. The molecule has 0 spiro atoms. The molecule has 3 aromatic heterocycles. The molecule has 0 unspecified atom stereocenters. The highest BCUT2D eigenvalue weighted by molar-refractivity contribution is 5.79. The van der Waals surface area contributed by atoms with E-state index in [-0.39, 0.29) is 35.4 Å². The number of unbranched alkanes of at least 4 members (excludes halogenated alkanes) is 1. The molecule has 188 valence electrons. The zero-order valence-electron chi connectivity index (χ0n) is 20.6. The van der Waals surface area contributed by atoms with Crippen molar-refractivity contribution in [3.63, 3.8) is 0 Å². The molecular formula is C28H27N5O4. The molecular weight excluding hydrogens is 470 g/mol. The van der Waals surface area contributed by atoms with Crippen LogP contribution in [-0.4, -0.2) is 30.0 Å². The molecule has 1 atom stereocenters. The fraction of sp³-hybridized carbons (Fsp3) is 0.321. The normalized spacial score (nSPS) is 15.2. The number of nitrogens with zero attached hydrogens (tertiary/aromatic N) is 5. The standard InChI is InChI=1S/C28H27N5O4/c1-2-3-15-23-29-26(34)25(28(35)33(23)21-13-8-10-17-9-4-5-11-18(17)21)27-31-30-24(36-27)16-20-19-12-6-7-14-22(19)37-32-20/h4-7,9,11-12,14,21,34H,2-3,8,10,13,15-16H2,1H3/t21-/m0/s1. The topological polar surface area (TPSA) is 120 Å². The van der Waals surface area contributed by atoms with Crippen LogP contribution in [0.15, 0.2) is 62.3 Å². The summed E-state index contributed by atoms with van der Waals surface area (Å²) < 4.78 is 13.0. The van der Waals surface area contributed by atoms with Crippen molar-refractivity contribution >= 4 is 11.0 Å². The van der Waals surface area contributed by atoms with Crippen LogP contribution in [0.5, 0.6) is 5.88 Å². The highest BCUT2D eigenvalue weighted by Crippen LogP contribution is 2.34. The molecule has 0 saturated carbocycles. The lowest BCUT2D eigenvalue weighted by atomic mass is 9.87. The molecule has 2 aromatic carbocycles. The van der Waals surface area contributed by atoms with Gasteiger partial charge in [0.25, 0.3) is 11.4 Å². The van der Waals surface area contributed by atoms with Gasteiger partial charge in [0, 0.05) is 11.8 Å². The lowest BCUT2D eigenvalue weighted by Crippen LogP contribution is -2.33. The maximum absolute atomic E-state index is 14.0. The average molecular weight is 498 g/mol. The molecule has 6 rings (SSSR count). The van der Waals surface area contributed by atoms with Crippen LogP contribution in [0, 0.1) is 0 Å². The van der Waals surface area contributed by atoms with E-state index in [1.807, 2.05) is 36.4 Å². The molecule has 0 saturated heterocycles. The van der Waals surface area contributed by atoms with Crippen molar-refractivity contribution in [2.45, 2.75) is 57.9 Å². The van der Waals surface area contributed by atoms with Crippen LogP contribution < -0.4 is 5.56 Å². The Labute approximate surface area is 212 Å². The zero-order valence-corrected chi connectivity index (χ0v) is 20.6. The van der Waals surface area contributed by atoms with Crippen molar-refractivity contribution in [1.82, 2.24) is 24.9 Å². The Hall–Kier alpha value is -4.27. The van der Waals surface area contributed by atoms with E-state index in [1.165, 1.54) is 5.56 Å². The number of hydrogen-bond acceptors (Lipinski definition) is 8. The van der Waals surface area contributed by atoms with E-state index in [2.05, 4.69) is 39.4 Å². The van der Waals surface area contributed by atoms with Crippen molar-refractivity contribution in [3.05, 3.63) is 87.4 Å². The van der Waals surface area contributed by atoms with Crippen LogP contribution in [0.4, 0.5) is 0 Å². The molecule has 0 radical (unpaired) electrons. The van der Waals surface area contributed by atoms with Crippen LogP contribution in [0.2, 0.25) is 0 Å². The Morgan fingerprint density at radius 2 is 1.95 bits per heavy atom. The van der Waals surface area contributed by atoms with Crippen molar-refractivity contribution in [2.75, 3.05) is 0 Å². The number of aromatic hydroxyl groups is 1. The Morgan fingerprint density at radius 1 is 1.11 bits per heavy atom. The van der Waals surface area contributed by atoms with Gasteiger partial charge in [-0.25, -0.2) is 0 Å². The second kappa shape index (κ2) is 9.65. The van der Waals surface area contributed by atoms with Gasteiger partial charge in [-0.2, -0.15) is 4.98 Å². The molecule has 3 heterocycles. The van der Waals surface area contributed by atoms with E-state index in [9.17, 15) is 9.90 Å². The van der Waals surface area contributed by atoms with Gasteiger partial charge in [-0.1, -0.05) is 54.9 Å². The Bertz CT molecular complexity index is 1630. The predicted molar refractivity (Wildman–Crippen MR) is 136 cm³/mol. The summed E-state index contributed by atoms with van der Waals surface area (Å²) in [7, 11) is 0. The molecule has 1 N–H and O–H groups in total. The molecule has 0 aliphatic heterocycles. The average Bonchev–Trinajstić information content (AvgIpc) is 3.55. The molecule has 37 heavy (non-hydrogen) atoms. The molecule has 1 aliphatic rings. The number of fused-ring (bicyclic) bond motifs is 2. The van der Waals surface area contributed by atoms with Gasteiger partial charge in [0.2, 0.25) is 11.8 Å². The first-order valence-electron chi connectivity index (χ1n) is 12.7. The summed E-state index contributed by atoms with van der Waals surface area (Å²) in [6.07, 6.45) is 5.39. The van der Waals surface area contributed by atoms with E-state index in [0.29, 0.717) is 23.5 Å².